The molecule has 0 saturated carbocycles. The average molecular weight is 328 g/mol. The monoisotopic (exact) mass is 328 g/mol. The quantitative estimate of drug-likeness (QED) is 0.490. The minimum Gasteiger partial charge on any atom is -0.497 e. The van der Waals surface area contributed by atoms with Crippen molar-refractivity contribution in [3.63, 3.8) is 0 Å². The maximum atomic E-state index is 12.4. The van der Waals surface area contributed by atoms with Gasteiger partial charge in [0.2, 0.25) is 0 Å². The number of methoxy groups -OCH3 is 1. The molecule has 0 N–H and O–H groups in total. The molecule has 3 nitrogen and oxygen atoms in total. The zero-order valence-electron chi connectivity index (χ0n) is 13.7. The summed E-state index contributed by atoms with van der Waals surface area (Å²) < 4.78 is 11.2. The van der Waals surface area contributed by atoms with Crippen molar-refractivity contribution in [1.82, 2.24) is 0 Å². The molecule has 0 amide bonds. The van der Waals surface area contributed by atoms with E-state index in [0.29, 0.717) is 16.7 Å². The predicted octanol–water partition coefficient (Wildman–Crippen LogP) is 5.13. The lowest BCUT2D eigenvalue weighted by Crippen LogP contribution is -2.00. The van der Waals surface area contributed by atoms with E-state index >= 15 is 0 Å². The van der Waals surface area contributed by atoms with Gasteiger partial charge in [-0.1, -0.05) is 48.5 Å². The summed E-state index contributed by atoms with van der Waals surface area (Å²) in [6.07, 6.45) is 3.72. The van der Waals surface area contributed by atoms with Crippen LogP contribution in [0.1, 0.15) is 11.3 Å². The van der Waals surface area contributed by atoms with E-state index in [1.54, 1.807) is 7.11 Å². The van der Waals surface area contributed by atoms with Crippen LogP contribution >= 0.6 is 0 Å². The van der Waals surface area contributed by atoms with Crippen LogP contribution in [0, 0.1) is 0 Å². The second-order valence-electron chi connectivity index (χ2n) is 5.78. The van der Waals surface area contributed by atoms with Crippen LogP contribution in [0.25, 0.3) is 33.9 Å². The second-order valence-corrected chi connectivity index (χ2v) is 5.78. The minimum atomic E-state index is -0.0404. The zero-order chi connectivity index (χ0) is 17.2. The van der Waals surface area contributed by atoms with Crippen LogP contribution in [-0.4, -0.2) is 7.11 Å². The van der Waals surface area contributed by atoms with Gasteiger partial charge in [0, 0.05) is 11.5 Å². The maximum Gasteiger partial charge on any atom is 0.193 e. The van der Waals surface area contributed by atoms with Crippen LogP contribution in [0.2, 0.25) is 0 Å². The number of hydrogen-bond donors (Lipinski definition) is 0. The van der Waals surface area contributed by atoms with Crippen LogP contribution in [-0.2, 0) is 0 Å². The molecule has 0 aliphatic heterocycles. The fourth-order valence-electron chi connectivity index (χ4n) is 2.88. The molecule has 4 rings (SSSR count). The van der Waals surface area contributed by atoms with Crippen molar-refractivity contribution >= 4 is 33.9 Å². The molecule has 0 fully saturated rings. The molecule has 0 aliphatic rings. The van der Waals surface area contributed by atoms with E-state index in [-0.39, 0.29) is 5.43 Å². The first kappa shape index (κ1) is 15.2. The lowest BCUT2D eigenvalue weighted by atomic mass is 10.1. The summed E-state index contributed by atoms with van der Waals surface area (Å²) in [7, 11) is 1.64. The molecule has 0 unspecified atom stereocenters. The first-order chi connectivity index (χ1) is 12.2. The molecule has 0 saturated heterocycles. The molecule has 1 heterocycles. The standard InChI is InChI=1S/C22H16O3/c1-24-17-10-6-15(7-11-17)8-12-18-14-21(23)20-13-9-16-4-2-3-5-19(16)22(20)25-18/h2-14H,1H3. The molecule has 0 bridgehead atoms. The summed E-state index contributed by atoms with van der Waals surface area (Å²) >= 11 is 0. The Morgan fingerprint density at radius 3 is 2.48 bits per heavy atom. The van der Waals surface area contributed by atoms with Crippen LogP contribution < -0.4 is 10.2 Å². The number of rotatable bonds is 3. The second kappa shape index (κ2) is 6.29. The Morgan fingerprint density at radius 2 is 1.68 bits per heavy atom. The van der Waals surface area contributed by atoms with Crippen molar-refractivity contribution in [2.24, 2.45) is 0 Å². The molecule has 0 atom stereocenters. The molecule has 0 spiro atoms. The summed E-state index contributed by atoms with van der Waals surface area (Å²) in [4.78, 5) is 12.4. The smallest absolute Gasteiger partial charge is 0.193 e. The van der Waals surface area contributed by atoms with Gasteiger partial charge in [0.15, 0.2) is 5.43 Å². The highest BCUT2D eigenvalue weighted by atomic mass is 16.5. The average Bonchev–Trinajstić information content (AvgIpc) is 2.66. The Bertz CT molecular complexity index is 1140. The van der Waals surface area contributed by atoms with Gasteiger partial charge < -0.3 is 9.15 Å². The Kier molecular flexibility index (Phi) is 3.82. The molecule has 122 valence electrons. The number of hydrogen-bond acceptors (Lipinski definition) is 3. The van der Waals surface area contributed by atoms with E-state index < -0.39 is 0 Å². The molecule has 25 heavy (non-hydrogen) atoms. The Labute approximate surface area is 144 Å². The summed E-state index contributed by atoms with van der Waals surface area (Å²) in [5.74, 6) is 1.34. The Balaban J connectivity index is 1.80. The summed E-state index contributed by atoms with van der Waals surface area (Å²) in [5, 5.41) is 2.59. The van der Waals surface area contributed by atoms with Gasteiger partial charge in [0.05, 0.1) is 12.5 Å². The van der Waals surface area contributed by atoms with Crippen LogP contribution in [0.3, 0.4) is 0 Å². The van der Waals surface area contributed by atoms with E-state index in [9.17, 15) is 4.79 Å². The highest BCUT2D eigenvalue weighted by Crippen LogP contribution is 2.24. The molecule has 1 aromatic heterocycles. The molecule has 0 radical (unpaired) electrons. The van der Waals surface area contributed by atoms with Gasteiger partial charge in [0.25, 0.3) is 0 Å². The topological polar surface area (TPSA) is 39.4 Å². The molecule has 0 aliphatic carbocycles. The zero-order valence-corrected chi connectivity index (χ0v) is 13.7. The van der Waals surface area contributed by atoms with E-state index in [0.717, 1.165) is 22.1 Å². The van der Waals surface area contributed by atoms with E-state index in [1.165, 1.54) is 6.07 Å². The van der Waals surface area contributed by atoms with E-state index in [1.807, 2.05) is 72.8 Å². The minimum absolute atomic E-state index is 0.0404. The van der Waals surface area contributed by atoms with Gasteiger partial charge in [0.1, 0.15) is 17.1 Å². The summed E-state index contributed by atoms with van der Waals surface area (Å²) in [5.41, 5.74) is 1.59. The molecular formula is C22H16O3. The van der Waals surface area contributed by atoms with Gasteiger partial charge in [-0.2, -0.15) is 0 Å². The van der Waals surface area contributed by atoms with Crippen molar-refractivity contribution in [3.05, 3.63) is 88.3 Å². The molecule has 4 aromatic rings. The molecule has 3 heteroatoms. The lowest BCUT2D eigenvalue weighted by Gasteiger charge is -2.04. The third kappa shape index (κ3) is 2.92. The van der Waals surface area contributed by atoms with Gasteiger partial charge in [-0.15, -0.1) is 0 Å². The lowest BCUT2D eigenvalue weighted by molar-refractivity contribution is 0.415. The third-order valence-corrected chi connectivity index (χ3v) is 4.19. The van der Waals surface area contributed by atoms with Gasteiger partial charge in [-0.05, 0) is 35.2 Å². The number of benzene rings is 3. The van der Waals surface area contributed by atoms with Gasteiger partial charge in [-0.25, -0.2) is 0 Å². The van der Waals surface area contributed by atoms with Gasteiger partial charge in [-0.3, -0.25) is 4.79 Å². The SMILES string of the molecule is COc1ccc(C=Cc2cc(=O)c3ccc4ccccc4c3o2)cc1. The Hall–Kier alpha value is -3.33. The molecular weight excluding hydrogens is 312 g/mol. The number of ether oxygens (including phenoxy) is 1. The van der Waals surface area contributed by atoms with Crippen LogP contribution in [0.5, 0.6) is 5.75 Å². The molecule has 3 aromatic carbocycles. The Morgan fingerprint density at radius 1 is 0.880 bits per heavy atom. The largest absolute Gasteiger partial charge is 0.497 e. The third-order valence-electron chi connectivity index (χ3n) is 4.19. The maximum absolute atomic E-state index is 12.4. The van der Waals surface area contributed by atoms with Crippen molar-refractivity contribution in [2.45, 2.75) is 0 Å². The predicted molar refractivity (Wildman–Crippen MR) is 102 cm³/mol. The fraction of sp³-hybridized carbons (Fsp3) is 0.0455. The van der Waals surface area contributed by atoms with Crippen molar-refractivity contribution in [3.8, 4) is 5.75 Å². The first-order valence-corrected chi connectivity index (χ1v) is 8.02. The fourth-order valence-corrected chi connectivity index (χ4v) is 2.88. The highest BCUT2D eigenvalue weighted by molar-refractivity contribution is 6.04. The van der Waals surface area contributed by atoms with Crippen LogP contribution in [0.15, 0.2) is 75.9 Å². The normalized spacial score (nSPS) is 11.4. The first-order valence-electron chi connectivity index (χ1n) is 8.02. The summed E-state index contributed by atoms with van der Waals surface area (Å²) in [6, 6.07) is 20.9. The van der Waals surface area contributed by atoms with E-state index in [4.69, 9.17) is 9.15 Å². The van der Waals surface area contributed by atoms with Crippen molar-refractivity contribution in [2.75, 3.05) is 7.11 Å². The highest BCUT2D eigenvalue weighted by Gasteiger charge is 2.07. The van der Waals surface area contributed by atoms with Crippen LogP contribution in [0.4, 0.5) is 0 Å². The van der Waals surface area contributed by atoms with E-state index in [2.05, 4.69) is 0 Å². The van der Waals surface area contributed by atoms with Crippen molar-refractivity contribution < 1.29 is 9.15 Å². The van der Waals surface area contributed by atoms with Gasteiger partial charge >= 0.3 is 0 Å². The summed E-state index contributed by atoms with van der Waals surface area (Å²) in [6.45, 7) is 0. The number of fused-ring (bicyclic) bond motifs is 3. The van der Waals surface area contributed by atoms with Crippen molar-refractivity contribution in [1.29, 1.82) is 0 Å².